The van der Waals surface area contributed by atoms with Crippen molar-refractivity contribution in [2.75, 3.05) is 48.0 Å². The predicted molar refractivity (Wildman–Crippen MR) is 157 cm³/mol. The van der Waals surface area contributed by atoms with Gasteiger partial charge in [0.05, 0.1) is 59.7 Å². The first kappa shape index (κ1) is 30.9. The van der Waals surface area contributed by atoms with E-state index in [-0.39, 0.29) is 11.5 Å². The third-order valence-electron chi connectivity index (χ3n) is 5.97. The maximum atomic E-state index is 13.0. The predicted octanol–water partition coefficient (Wildman–Crippen LogP) is 5.13. The van der Waals surface area contributed by atoms with Gasteiger partial charge in [0.1, 0.15) is 23.0 Å². The van der Waals surface area contributed by atoms with Crippen molar-refractivity contribution in [1.29, 1.82) is 0 Å². The van der Waals surface area contributed by atoms with Crippen molar-refractivity contribution in [3.63, 3.8) is 0 Å². The number of ether oxygens (including phenoxy) is 6. The van der Waals surface area contributed by atoms with Gasteiger partial charge in [-0.15, -0.1) is 0 Å². The van der Waals surface area contributed by atoms with Gasteiger partial charge < -0.3 is 33.7 Å². The molecule has 3 aromatic rings. The number of benzene rings is 3. The molecule has 3 aromatic carbocycles. The minimum atomic E-state index is -3.70. The number of rotatable bonds is 14. The van der Waals surface area contributed by atoms with E-state index in [0.29, 0.717) is 56.9 Å². The summed E-state index contributed by atoms with van der Waals surface area (Å²) in [5.74, 6) is 2.18. The van der Waals surface area contributed by atoms with Gasteiger partial charge in [-0.25, -0.2) is 8.42 Å². The summed E-state index contributed by atoms with van der Waals surface area (Å²) in [5, 5.41) is 4.11. The molecule has 0 spiro atoms. The summed E-state index contributed by atoms with van der Waals surface area (Å²) >= 11 is 0. The molecule has 0 saturated carbocycles. The van der Waals surface area contributed by atoms with Crippen molar-refractivity contribution >= 4 is 27.4 Å². The second kappa shape index (κ2) is 14.1. The maximum Gasteiger partial charge on any atom is 0.187 e. The third kappa shape index (κ3) is 7.95. The Morgan fingerprint density at radius 2 is 1.34 bits per heavy atom. The van der Waals surface area contributed by atoms with E-state index in [1.165, 1.54) is 61.0 Å². The number of ketones is 1. The maximum absolute atomic E-state index is 13.0. The van der Waals surface area contributed by atoms with Gasteiger partial charge in [0, 0.05) is 35.4 Å². The topological polar surface area (TPSA) is 119 Å². The zero-order valence-corrected chi connectivity index (χ0v) is 24.5. The Labute approximate surface area is 240 Å². The normalized spacial score (nSPS) is 11.4. The quantitative estimate of drug-likeness (QED) is 0.202. The number of hydrogen-bond donors (Lipinski definition) is 1. The molecule has 41 heavy (non-hydrogen) atoms. The Hall–Kier alpha value is -4.64. The summed E-state index contributed by atoms with van der Waals surface area (Å²) in [6, 6.07) is 13.1. The molecule has 0 atom stereocenters. The average molecular weight is 584 g/mol. The molecule has 0 radical (unpaired) electrons. The summed E-state index contributed by atoms with van der Waals surface area (Å²) in [7, 11) is 5.26. The van der Waals surface area contributed by atoms with Crippen LogP contribution in [0.5, 0.6) is 34.5 Å². The molecule has 10 nitrogen and oxygen atoms in total. The van der Waals surface area contributed by atoms with Crippen molar-refractivity contribution < 1.29 is 41.6 Å². The number of sulfone groups is 1. The van der Waals surface area contributed by atoms with Crippen LogP contribution in [-0.4, -0.2) is 56.9 Å². The summed E-state index contributed by atoms with van der Waals surface area (Å²) in [6.45, 7) is 0. The van der Waals surface area contributed by atoms with E-state index in [1.807, 2.05) is 0 Å². The standard InChI is InChI=1S/C30H33NO9S/c1-35-22-17-28(38-4)23(29(18-22)39-5)12-14-41(33,34)19-20-7-9-26(36-2)24(15-20)31-13-11-25(32)21-8-10-27(37-3)30(16-21)40-6/h7-18,31H,19H2,1-6H3/b13-11+,14-12+. The molecular weight excluding hydrogens is 550 g/mol. The fourth-order valence-electron chi connectivity index (χ4n) is 3.90. The van der Waals surface area contributed by atoms with Crippen LogP contribution in [0.1, 0.15) is 21.5 Å². The van der Waals surface area contributed by atoms with Crippen LogP contribution < -0.4 is 33.7 Å². The number of hydrogen-bond acceptors (Lipinski definition) is 10. The number of nitrogens with one attached hydrogen (secondary N) is 1. The second-order valence-corrected chi connectivity index (χ2v) is 10.4. The van der Waals surface area contributed by atoms with Crippen LogP contribution >= 0.6 is 0 Å². The fourth-order valence-corrected chi connectivity index (χ4v) is 4.98. The highest BCUT2D eigenvalue weighted by atomic mass is 32.2. The van der Waals surface area contributed by atoms with Crippen molar-refractivity contribution in [2.24, 2.45) is 0 Å². The minimum absolute atomic E-state index is 0.273. The van der Waals surface area contributed by atoms with Crippen LogP contribution in [0.2, 0.25) is 0 Å². The number of anilines is 1. The smallest absolute Gasteiger partial charge is 0.187 e. The lowest BCUT2D eigenvalue weighted by Crippen LogP contribution is -2.03. The van der Waals surface area contributed by atoms with Gasteiger partial charge in [0.25, 0.3) is 0 Å². The molecule has 0 saturated heterocycles. The van der Waals surface area contributed by atoms with E-state index in [4.69, 9.17) is 28.4 Å². The molecular formula is C30H33NO9S. The lowest BCUT2D eigenvalue weighted by molar-refractivity contribution is 0.104. The van der Waals surface area contributed by atoms with Crippen molar-refractivity contribution in [3.8, 4) is 34.5 Å². The lowest BCUT2D eigenvalue weighted by Gasteiger charge is -2.13. The van der Waals surface area contributed by atoms with E-state index in [2.05, 4.69) is 5.32 Å². The second-order valence-electron chi connectivity index (χ2n) is 8.50. The Morgan fingerprint density at radius 1 is 0.732 bits per heavy atom. The Bertz CT molecular complexity index is 1520. The number of allylic oxidation sites excluding steroid dienone is 1. The van der Waals surface area contributed by atoms with E-state index >= 15 is 0 Å². The highest BCUT2D eigenvalue weighted by molar-refractivity contribution is 7.93. The SMILES string of the molecule is COc1cc(OC)c(/C=C/S(=O)(=O)Cc2ccc(OC)c(N/C=C/C(=O)c3ccc(OC)c(OC)c3)c2)c(OC)c1. The number of carbonyl (C=O) groups is 1. The zero-order valence-electron chi connectivity index (χ0n) is 23.7. The molecule has 0 unspecified atom stereocenters. The van der Waals surface area contributed by atoms with Gasteiger partial charge in [-0.3, -0.25) is 4.79 Å². The van der Waals surface area contributed by atoms with E-state index in [1.54, 1.807) is 48.5 Å². The fraction of sp³-hybridized carbons (Fsp3) is 0.233. The van der Waals surface area contributed by atoms with Crippen LogP contribution in [0, 0.1) is 0 Å². The number of carbonyl (C=O) groups excluding carboxylic acids is 1. The number of methoxy groups -OCH3 is 6. The Morgan fingerprint density at radius 3 is 1.93 bits per heavy atom. The van der Waals surface area contributed by atoms with Crippen molar-refractivity contribution in [1.82, 2.24) is 0 Å². The molecule has 0 fully saturated rings. The summed E-state index contributed by atoms with van der Waals surface area (Å²) < 4.78 is 57.9. The first-order chi connectivity index (χ1) is 19.7. The largest absolute Gasteiger partial charge is 0.496 e. The van der Waals surface area contributed by atoms with Crippen LogP contribution in [0.4, 0.5) is 5.69 Å². The van der Waals surface area contributed by atoms with Gasteiger partial charge >= 0.3 is 0 Å². The monoisotopic (exact) mass is 583 g/mol. The van der Waals surface area contributed by atoms with Gasteiger partial charge in [-0.1, -0.05) is 6.07 Å². The molecule has 0 aliphatic carbocycles. The van der Waals surface area contributed by atoms with E-state index in [0.717, 1.165) is 5.41 Å². The highest BCUT2D eigenvalue weighted by Gasteiger charge is 2.15. The molecule has 11 heteroatoms. The van der Waals surface area contributed by atoms with Crippen LogP contribution in [0.15, 0.2) is 66.2 Å². The summed E-state index contributed by atoms with van der Waals surface area (Å²) in [5.41, 5.74) is 1.86. The molecule has 0 aromatic heterocycles. The zero-order chi connectivity index (χ0) is 30.0. The van der Waals surface area contributed by atoms with Gasteiger partial charge in [0.2, 0.25) is 0 Å². The minimum Gasteiger partial charge on any atom is -0.496 e. The third-order valence-corrected chi connectivity index (χ3v) is 7.25. The molecule has 0 amide bonds. The molecule has 0 aliphatic rings. The summed E-state index contributed by atoms with van der Waals surface area (Å²) in [6.07, 6.45) is 4.23. The molecule has 1 N–H and O–H groups in total. The van der Waals surface area contributed by atoms with Crippen molar-refractivity contribution in [3.05, 3.63) is 82.9 Å². The van der Waals surface area contributed by atoms with Crippen LogP contribution in [-0.2, 0) is 15.6 Å². The molecule has 0 heterocycles. The van der Waals surface area contributed by atoms with Gasteiger partial charge in [0.15, 0.2) is 27.1 Å². The average Bonchev–Trinajstić information content (AvgIpc) is 2.98. The first-order valence-electron chi connectivity index (χ1n) is 12.3. The molecule has 218 valence electrons. The Kier molecular flexibility index (Phi) is 10.6. The molecule has 0 aliphatic heterocycles. The summed E-state index contributed by atoms with van der Waals surface area (Å²) in [4.78, 5) is 12.7. The highest BCUT2D eigenvalue weighted by Crippen LogP contribution is 2.35. The Balaban J connectivity index is 1.78. The van der Waals surface area contributed by atoms with Crippen LogP contribution in [0.3, 0.4) is 0 Å². The van der Waals surface area contributed by atoms with Crippen LogP contribution in [0.25, 0.3) is 6.08 Å². The van der Waals surface area contributed by atoms with Crippen molar-refractivity contribution in [2.45, 2.75) is 5.75 Å². The lowest BCUT2D eigenvalue weighted by atomic mass is 10.1. The van der Waals surface area contributed by atoms with E-state index < -0.39 is 9.84 Å². The first-order valence-corrected chi connectivity index (χ1v) is 14.0. The molecule has 3 rings (SSSR count). The van der Waals surface area contributed by atoms with Gasteiger partial charge in [-0.2, -0.15) is 0 Å². The van der Waals surface area contributed by atoms with E-state index in [9.17, 15) is 13.2 Å². The van der Waals surface area contributed by atoms with Gasteiger partial charge in [-0.05, 0) is 42.0 Å². The molecule has 0 bridgehead atoms.